The number of rotatable bonds is 8. The van der Waals surface area contributed by atoms with E-state index in [0.717, 1.165) is 27.7 Å². The molecule has 0 N–H and O–H groups in total. The molecule has 0 aromatic rings. The highest BCUT2D eigenvalue weighted by molar-refractivity contribution is 5.12. The summed E-state index contributed by atoms with van der Waals surface area (Å²) in [4.78, 5) is 0. The fourth-order valence-corrected chi connectivity index (χ4v) is 2.11. The average Bonchev–Trinajstić information content (AvgIpc) is 2.45. The van der Waals surface area contributed by atoms with Crippen LogP contribution in [0, 0.1) is 10.8 Å². The maximum atomic E-state index is 14.5. The van der Waals surface area contributed by atoms with Gasteiger partial charge < -0.3 is 0 Å². The highest BCUT2D eigenvalue weighted by atomic mass is 19.3. The van der Waals surface area contributed by atoms with Gasteiger partial charge in [0.1, 0.15) is 0 Å². The second-order valence-corrected chi connectivity index (χ2v) is 7.66. The van der Waals surface area contributed by atoms with Crippen LogP contribution >= 0.6 is 0 Å². The Morgan fingerprint density at radius 2 is 0.958 bits per heavy atom. The first-order chi connectivity index (χ1) is 10.3. The Hall–Kier alpha value is -0.560. The van der Waals surface area contributed by atoms with Crippen LogP contribution in [-0.4, -0.2) is 29.6 Å². The van der Waals surface area contributed by atoms with E-state index >= 15 is 0 Å². The summed E-state index contributed by atoms with van der Waals surface area (Å²) < 4.78 is 114. The standard InChI is InChI=1S/C16H26F8/c1-8-11(3,4)14(19,20)10(17)15(21,22)13(7,18)16(23,24)12(5,6)9-2/h10H,8-9H2,1-7H3. The van der Waals surface area contributed by atoms with Crippen molar-refractivity contribution in [3.63, 3.8) is 0 Å². The SMILES string of the molecule is CCC(C)(C)C(F)(F)C(F)C(F)(F)C(C)(F)C(F)(F)C(C)(C)CC. The van der Waals surface area contributed by atoms with Crippen molar-refractivity contribution in [3.05, 3.63) is 0 Å². The Labute approximate surface area is 138 Å². The Bertz CT molecular complexity index is 437. The largest absolute Gasteiger partial charge is 0.323 e. The molecule has 0 spiro atoms. The summed E-state index contributed by atoms with van der Waals surface area (Å²) in [6.07, 6.45) is -5.21. The minimum atomic E-state index is -5.60. The quantitative estimate of drug-likeness (QED) is 0.411. The molecular weight excluding hydrogens is 344 g/mol. The second kappa shape index (κ2) is 6.31. The van der Waals surface area contributed by atoms with Gasteiger partial charge in [0, 0.05) is 10.8 Å². The Morgan fingerprint density at radius 1 is 0.625 bits per heavy atom. The Morgan fingerprint density at radius 3 is 1.25 bits per heavy atom. The third kappa shape index (κ3) is 3.14. The van der Waals surface area contributed by atoms with Gasteiger partial charge in [0.05, 0.1) is 0 Å². The van der Waals surface area contributed by atoms with Crippen LogP contribution in [0.4, 0.5) is 35.1 Å². The normalized spacial score (nSPS) is 19.1. The van der Waals surface area contributed by atoms with E-state index < -0.39 is 53.3 Å². The van der Waals surface area contributed by atoms with E-state index in [1.54, 1.807) is 0 Å². The number of halogens is 8. The third-order valence-electron chi connectivity index (χ3n) is 5.37. The topological polar surface area (TPSA) is 0 Å². The predicted octanol–water partition coefficient (Wildman–Crippen LogP) is 6.83. The maximum Gasteiger partial charge on any atom is 0.323 e. The highest BCUT2D eigenvalue weighted by Crippen LogP contribution is 2.58. The van der Waals surface area contributed by atoms with Crippen molar-refractivity contribution in [2.75, 3.05) is 0 Å². The highest BCUT2D eigenvalue weighted by Gasteiger charge is 2.77. The van der Waals surface area contributed by atoms with Gasteiger partial charge in [-0.2, -0.15) is 8.78 Å². The van der Waals surface area contributed by atoms with E-state index in [-0.39, 0.29) is 6.92 Å². The summed E-state index contributed by atoms with van der Waals surface area (Å²) in [5.41, 5.74) is -9.34. The second-order valence-electron chi connectivity index (χ2n) is 7.66. The van der Waals surface area contributed by atoms with Crippen LogP contribution in [-0.2, 0) is 0 Å². The zero-order valence-electron chi connectivity index (χ0n) is 15.0. The van der Waals surface area contributed by atoms with Gasteiger partial charge in [-0.15, -0.1) is 0 Å². The maximum absolute atomic E-state index is 14.5. The van der Waals surface area contributed by atoms with E-state index in [2.05, 4.69) is 0 Å². The molecule has 0 fully saturated rings. The van der Waals surface area contributed by atoms with E-state index in [0.29, 0.717) is 0 Å². The molecule has 0 aliphatic carbocycles. The molecule has 0 aliphatic heterocycles. The molecule has 0 rings (SSSR count). The number of alkyl halides is 8. The average molecular weight is 370 g/mol. The van der Waals surface area contributed by atoms with Gasteiger partial charge in [-0.05, 0) is 19.8 Å². The minimum absolute atomic E-state index is 0.216. The molecule has 2 unspecified atom stereocenters. The molecule has 0 nitrogen and oxygen atoms in total. The number of hydrogen-bond acceptors (Lipinski definition) is 0. The lowest BCUT2D eigenvalue weighted by molar-refractivity contribution is -0.323. The van der Waals surface area contributed by atoms with Crippen LogP contribution in [0.2, 0.25) is 0 Å². The first-order valence-electron chi connectivity index (χ1n) is 7.74. The lowest BCUT2D eigenvalue weighted by atomic mass is 9.70. The van der Waals surface area contributed by atoms with E-state index in [1.165, 1.54) is 13.8 Å². The molecule has 8 heteroatoms. The molecule has 0 heterocycles. The van der Waals surface area contributed by atoms with Crippen LogP contribution < -0.4 is 0 Å². The fraction of sp³-hybridized carbons (Fsp3) is 1.00. The van der Waals surface area contributed by atoms with Gasteiger partial charge in [0.15, 0.2) is 0 Å². The molecule has 0 bridgehead atoms. The van der Waals surface area contributed by atoms with Gasteiger partial charge in [0.25, 0.3) is 11.8 Å². The minimum Gasteiger partial charge on any atom is -0.234 e. The molecule has 0 aliphatic rings. The van der Waals surface area contributed by atoms with Crippen molar-refractivity contribution in [2.24, 2.45) is 10.8 Å². The Balaban J connectivity index is 6.14. The first kappa shape index (κ1) is 23.4. The molecule has 24 heavy (non-hydrogen) atoms. The van der Waals surface area contributed by atoms with E-state index in [1.807, 2.05) is 0 Å². The molecular formula is C16H26F8. The zero-order valence-corrected chi connectivity index (χ0v) is 15.0. The van der Waals surface area contributed by atoms with Gasteiger partial charge in [-0.3, -0.25) is 0 Å². The van der Waals surface area contributed by atoms with Gasteiger partial charge in [0.2, 0.25) is 11.8 Å². The first-order valence-corrected chi connectivity index (χ1v) is 7.74. The molecule has 2 atom stereocenters. The summed E-state index contributed by atoms with van der Waals surface area (Å²) in [6.45, 7) is 5.49. The van der Waals surface area contributed by atoms with Crippen molar-refractivity contribution < 1.29 is 35.1 Å². The van der Waals surface area contributed by atoms with Crippen molar-refractivity contribution >= 4 is 0 Å². The molecule has 0 saturated heterocycles. The molecule has 146 valence electrons. The van der Waals surface area contributed by atoms with Gasteiger partial charge >= 0.3 is 5.92 Å². The smallest absolute Gasteiger partial charge is 0.234 e. The van der Waals surface area contributed by atoms with Crippen molar-refractivity contribution in [2.45, 2.75) is 90.9 Å². The lowest BCUT2D eigenvalue weighted by Gasteiger charge is -2.47. The van der Waals surface area contributed by atoms with E-state index in [4.69, 9.17) is 0 Å². The summed E-state index contributed by atoms with van der Waals surface area (Å²) in [5.74, 6) is -15.0. The van der Waals surface area contributed by atoms with Crippen LogP contribution in [0.15, 0.2) is 0 Å². The van der Waals surface area contributed by atoms with Gasteiger partial charge in [-0.25, -0.2) is 26.3 Å². The number of hydrogen-bond donors (Lipinski definition) is 0. The predicted molar refractivity (Wildman–Crippen MR) is 77.4 cm³/mol. The van der Waals surface area contributed by atoms with Gasteiger partial charge in [-0.1, -0.05) is 41.5 Å². The van der Waals surface area contributed by atoms with Crippen molar-refractivity contribution in [1.82, 2.24) is 0 Å². The summed E-state index contributed by atoms with van der Waals surface area (Å²) >= 11 is 0. The van der Waals surface area contributed by atoms with Crippen LogP contribution in [0.25, 0.3) is 0 Å². The third-order valence-corrected chi connectivity index (χ3v) is 5.37. The molecule has 0 aromatic carbocycles. The molecule has 0 radical (unpaired) electrons. The van der Waals surface area contributed by atoms with Crippen molar-refractivity contribution in [3.8, 4) is 0 Å². The lowest BCUT2D eigenvalue weighted by Crippen LogP contribution is -2.67. The zero-order chi connectivity index (χ0) is 20.0. The Kier molecular flexibility index (Phi) is 6.16. The monoisotopic (exact) mass is 370 g/mol. The molecule has 0 aromatic heterocycles. The molecule has 0 saturated carbocycles. The molecule has 0 amide bonds. The van der Waals surface area contributed by atoms with Crippen LogP contribution in [0.3, 0.4) is 0 Å². The summed E-state index contributed by atoms with van der Waals surface area (Å²) in [7, 11) is 0. The van der Waals surface area contributed by atoms with Crippen LogP contribution in [0.5, 0.6) is 0 Å². The van der Waals surface area contributed by atoms with Crippen molar-refractivity contribution in [1.29, 1.82) is 0 Å². The van der Waals surface area contributed by atoms with Crippen LogP contribution in [0.1, 0.15) is 61.3 Å². The summed E-state index contributed by atoms with van der Waals surface area (Å²) in [5, 5.41) is 0. The fourth-order valence-electron chi connectivity index (χ4n) is 2.11. The summed E-state index contributed by atoms with van der Waals surface area (Å²) in [6, 6.07) is 0. The van der Waals surface area contributed by atoms with E-state index in [9.17, 15) is 35.1 Å².